The molecule has 1 amide bonds. The number of benzene rings is 1. The third-order valence-corrected chi connectivity index (χ3v) is 5.15. The SMILES string of the molecule is CCn1c(SCC(=O)Nc2nccs2)nnc1[C@@H](C)Oc1ccccc1. The maximum absolute atomic E-state index is 12.0. The molecule has 0 bridgehead atoms. The number of rotatable bonds is 8. The van der Waals surface area contributed by atoms with Crippen molar-refractivity contribution in [1.29, 1.82) is 0 Å². The summed E-state index contributed by atoms with van der Waals surface area (Å²) >= 11 is 2.73. The lowest BCUT2D eigenvalue weighted by Crippen LogP contribution is -2.15. The summed E-state index contributed by atoms with van der Waals surface area (Å²) in [4.78, 5) is 16.1. The Kier molecular flexibility index (Phi) is 6.24. The Morgan fingerprint density at radius 1 is 1.35 bits per heavy atom. The number of carbonyl (C=O) groups excluding carboxylic acids is 1. The highest BCUT2D eigenvalue weighted by Crippen LogP contribution is 2.24. The normalized spacial score (nSPS) is 11.9. The molecule has 0 saturated carbocycles. The maximum atomic E-state index is 12.0. The van der Waals surface area contributed by atoms with Crippen LogP contribution >= 0.6 is 23.1 Å². The van der Waals surface area contributed by atoms with Crippen molar-refractivity contribution in [3.63, 3.8) is 0 Å². The van der Waals surface area contributed by atoms with Gasteiger partial charge in [-0.2, -0.15) is 0 Å². The van der Waals surface area contributed by atoms with Gasteiger partial charge in [-0.15, -0.1) is 21.5 Å². The number of ether oxygens (including phenoxy) is 1. The Morgan fingerprint density at radius 2 is 2.15 bits per heavy atom. The lowest BCUT2D eigenvalue weighted by molar-refractivity contribution is -0.113. The molecule has 0 spiro atoms. The molecule has 9 heteroatoms. The number of nitrogens with one attached hydrogen (secondary N) is 1. The van der Waals surface area contributed by atoms with Gasteiger partial charge in [0, 0.05) is 18.1 Å². The molecule has 0 fully saturated rings. The van der Waals surface area contributed by atoms with E-state index in [9.17, 15) is 4.79 Å². The topological polar surface area (TPSA) is 81.9 Å². The smallest absolute Gasteiger partial charge is 0.236 e. The van der Waals surface area contributed by atoms with Gasteiger partial charge < -0.3 is 14.6 Å². The number of carbonyl (C=O) groups is 1. The molecule has 2 heterocycles. The summed E-state index contributed by atoms with van der Waals surface area (Å²) < 4.78 is 7.90. The van der Waals surface area contributed by atoms with Gasteiger partial charge in [-0.25, -0.2) is 4.98 Å². The number of hydrogen-bond acceptors (Lipinski definition) is 7. The Hall–Kier alpha value is -2.39. The molecule has 1 N–H and O–H groups in total. The second-order valence-electron chi connectivity index (χ2n) is 5.33. The number of hydrogen-bond donors (Lipinski definition) is 1. The maximum Gasteiger partial charge on any atom is 0.236 e. The van der Waals surface area contributed by atoms with E-state index in [1.807, 2.05) is 54.1 Å². The first-order valence-electron chi connectivity index (χ1n) is 8.14. The van der Waals surface area contributed by atoms with Crippen LogP contribution in [0, 0.1) is 0 Å². The molecule has 2 aromatic heterocycles. The standard InChI is InChI=1S/C17H19N5O2S2/c1-3-22-15(12(2)24-13-7-5-4-6-8-13)20-21-17(22)26-11-14(23)19-16-18-9-10-25-16/h4-10,12H,3,11H2,1-2H3,(H,18,19,23)/t12-/m1/s1. The molecule has 136 valence electrons. The molecule has 3 rings (SSSR count). The molecule has 1 aromatic carbocycles. The monoisotopic (exact) mass is 389 g/mol. The zero-order valence-corrected chi connectivity index (χ0v) is 16.1. The quantitative estimate of drug-likeness (QED) is 0.593. The number of amides is 1. The van der Waals surface area contributed by atoms with Crippen LogP contribution in [0.2, 0.25) is 0 Å². The van der Waals surface area contributed by atoms with Crippen molar-refractivity contribution in [1.82, 2.24) is 19.7 Å². The lowest BCUT2D eigenvalue weighted by Gasteiger charge is -2.15. The van der Waals surface area contributed by atoms with Crippen molar-refractivity contribution >= 4 is 34.1 Å². The molecule has 0 saturated heterocycles. The predicted molar refractivity (Wildman–Crippen MR) is 103 cm³/mol. The third kappa shape index (κ3) is 4.61. The average Bonchev–Trinajstić information content (AvgIpc) is 3.30. The van der Waals surface area contributed by atoms with Gasteiger partial charge >= 0.3 is 0 Å². The van der Waals surface area contributed by atoms with Crippen LogP contribution in [-0.2, 0) is 11.3 Å². The summed E-state index contributed by atoms with van der Waals surface area (Å²) in [5.41, 5.74) is 0. The summed E-state index contributed by atoms with van der Waals surface area (Å²) in [6, 6.07) is 9.60. The van der Waals surface area contributed by atoms with E-state index in [1.165, 1.54) is 23.1 Å². The van der Waals surface area contributed by atoms with E-state index in [0.717, 1.165) is 11.6 Å². The highest BCUT2D eigenvalue weighted by atomic mass is 32.2. The molecule has 3 aromatic rings. The Labute approximate surface area is 159 Å². The highest BCUT2D eigenvalue weighted by molar-refractivity contribution is 7.99. The van der Waals surface area contributed by atoms with E-state index in [1.54, 1.807) is 6.20 Å². The van der Waals surface area contributed by atoms with Crippen molar-refractivity contribution < 1.29 is 9.53 Å². The van der Waals surface area contributed by atoms with Crippen LogP contribution in [-0.4, -0.2) is 31.4 Å². The van der Waals surface area contributed by atoms with Gasteiger partial charge in [0.1, 0.15) is 5.75 Å². The van der Waals surface area contributed by atoms with Crippen LogP contribution in [0.4, 0.5) is 5.13 Å². The van der Waals surface area contributed by atoms with Gasteiger partial charge in [-0.3, -0.25) is 4.79 Å². The zero-order chi connectivity index (χ0) is 18.4. The van der Waals surface area contributed by atoms with E-state index >= 15 is 0 Å². The Morgan fingerprint density at radius 3 is 2.85 bits per heavy atom. The Bertz CT molecular complexity index is 836. The molecule has 0 aliphatic rings. The number of anilines is 1. The van der Waals surface area contributed by atoms with Crippen LogP contribution in [0.5, 0.6) is 5.75 Å². The summed E-state index contributed by atoms with van der Waals surface area (Å²) in [5, 5.41) is 14.3. The minimum Gasteiger partial charge on any atom is -0.483 e. The molecule has 0 radical (unpaired) electrons. The molecule has 1 atom stereocenters. The summed E-state index contributed by atoms with van der Waals surface area (Å²) in [5.74, 6) is 1.64. The second kappa shape index (κ2) is 8.81. The summed E-state index contributed by atoms with van der Waals surface area (Å²) in [6.07, 6.45) is 1.41. The first-order chi connectivity index (χ1) is 12.7. The summed E-state index contributed by atoms with van der Waals surface area (Å²) in [7, 11) is 0. The molecule has 26 heavy (non-hydrogen) atoms. The fraction of sp³-hybridized carbons (Fsp3) is 0.294. The molecule has 0 aliphatic carbocycles. The van der Waals surface area contributed by atoms with Crippen LogP contribution in [0.1, 0.15) is 25.8 Å². The average molecular weight is 390 g/mol. The fourth-order valence-electron chi connectivity index (χ4n) is 2.33. The largest absolute Gasteiger partial charge is 0.483 e. The fourth-order valence-corrected chi connectivity index (χ4v) is 3.69. The molecular formula is C17H19N5O2S2. The van der Waals surface area contributed by atoms with E-state index in [2.05, 4.69) is 20.5 Å². The van der Waals surface area contributed by atoms with Crippen LogP contribution in [0.15, 0.2) is 47.1 Å². The molecular weight excluding hydrogens is 370 g/mol. The van der Waals surface area contributed by atoms with Gasteiger partial charge in [0.15, 0.2) is 22.2 Å². The van der Waals surface area contributed by atoms with E-state index < -0.39 is 0 Å². The predicted octanol–water partition coefficient (Wildman–Crippen LogP) is 3.63. The highest BCUT2D eigenvalue weighted by Gasteiger charge is 2.19. The molecule has 0 aliphatic heterocycles. The van der Waals surface area contributed by atoms with Crippen LogP contribution < -0.4 is 10.1 Å². The number of thiazole rings is 1. The van der Waals surface area contributed by atoms with E-state index in [-0.39, 0.29) is 17.8 Å². The van der Waals surface area contributed by atoms with Gasteiger partial charge in [-0.05, 0) is 26.0 Å². The number of nitrogens with zero attached hydrogens (tertiary/aromatic N) is 4. The first-order valence-corrected chi connectivity index (χ1v) is 10.0. The first kappa shape index (κ1) is 18.4. The minimum atomic E-state index is -0.247. The zero-order valence-electron chi connectivity index (χ0n) is 14.5. The third-order valence-electron chi connectivity index (χ3n) is 3.49. The molecule has 0 unspecified atom stereocenters. The van der Waals surface area contributed by atoms with Crippen molar-refractivity contribution in [3.05, 3.63) is 47.7 Å². The van der Waals surface area contributed by atoms with Crippen molar-refractivity contribution in [2.24, 2.45) is 0 Å². The number of aromatic nitrogens is 4. The van der Waals surface area contributed by atoms with E-state index in [0.29, 0.717) is 16.8 Å². The van der Waals surface area contributed by atoms with Crippen molar-refractivity contribution in [3.8, 4) is 5.75 Å². The van der Waals surface area contributed by atoms with E-state index in [4.69, 9.17) is 4.74 Å². The van der Waals surface area contributed by atoms with Gasteiger partial charge in [-0.1, -0.05) is 30.0 Å². The van der Waals surface area contributed by atoms with Crippen LogP contribution in [0.25, 0.3) is 0 Å². The second-order valence-corrected chi connectivity index (χ2v) is 7.17. The number of para-hydroxylation sites is 1. The molecule has 7 nitrogen and oxygen atoms in total. The van der Waals surface area contributed by atoms with Crippen molar-refractivity contribution in [2.45, 2.75) is 31.7 Å². The van der Waals surface area contributed by atoms with Crippen molar-refractivity contribution in [2.75, 3.05) is 11.1 Å². The Balaban J connectivity index is 1.63. The van der Waals surface area contributed by atoms with Gasteiger partial charge in [0.05, 0.1) is 5.75 Å². The van der Waals surface area contributed by atoms with Crippen LogP contribution in [0.3, 0.4) is 0 Å². The number of thioether (sulfide) groups is 1. The lowest BCUT2D eigenvalue weighted by atomic mass is 10.3. The van der Waals surface area contributed by atoms with Gasteiger partial charge in [0.25, 0.3) is 0 Å². The summed E-state index contributed by atoms with van der Waals surface area (Å²) in [6.45, 7) is 4.65. The van der Waals surface area contributed by atoms with Gasteiger partial charge in [0.2, 0.25) is 5.91 Å². The minimum absolute atomic E-state index is 0.120.